The molecule has 9 nitrogen and oxygen atoms in total. The van der Waals surface area contributed by atoms with Gasteiger partial charge in [-0.2, -0.15) is 5.10 Å². The molecule has 1 aliphatic heterocycles. The molecule has 11 heteroatoms. The van der Waals surface area contributed by atoms with Crippen molar-refractivity contribution in [3.8, 4) is 16.9 Å². The van der Waals surface area contributed by atoms with Gasteiger partial charge in [0.2, 0.25) is 0 Å². The van der Waals surface area contributed by atoms with Crippen molar-refractivity contribution in [3.63, 3.8) is 0 Å². The summed E-state index contributed by atoms with van der Waals surface area (Å²) in [5.41, 5.74) is 8.92. The Morgan fingerprint density at radius 1 is 1.06 bits per heavy atom. The number of hydrogen-bond donors (Lipinski definition) is 1. The zero-order valence-electron chi connectivity index (χ0n) is 28.0. The van der Waals surface area contributed by atoms with Crippen molar-refractivity contribution >= 4 is 46.0 Å². The van der Waals surface area contributed by atoms with Crippen LogP contribution in [0.5, 0.6) is 5.75 Å². The summed E-state index contributed by atoms with van der Waals surface area (Å²) < 4.78 is 10.2. The number of fused-ring (bicyclic) bond motifs is 3. The highest BCUT2D eigenvalue weighted by atomic mass is 35.5. The van der Waals surface area contributed by atoms with E-state index in [9.17, 15) is 14.7 Å². The normalized spacial score (nSPS) is 14.5. The van der Waals surface area contributed by atoms with E-state index < -0.39 is 5.97 Å². The Kier molecular flexibility index (Phi) is 9.29. The number of aromatic carboxylic acids is 1. The Balaban J connectivity index is 1.44. The molecule has 1 unspecified atom stereocenters. The summed E-state index contributed by atoms with van der Waals surface area (Å²) in [6, 6.07) is 10.9. The molecule has 4 heterocycles. The van der Waals surface area contributed by atoms with Gasteiger partial charge in [-0.25, -0.2) is 4.79 Å². The number of rotatable bonds is 10. The quantitative estimate of drug-likeness (QED) is 0.149. The van der Waals surface area contributed by atoms with Crippen LogP contribution < -0.4 is 4.74 Å². The maximum absolute atomic E-state index is 14.7. The number of carbonyl (C=O) groups is 2. The molecule has 48 heavy (non-hydrogen) atoms. The second-order valence-electron chi connectivity index (χ2n) is 12.6. The van der Waals surface area contributed by atoms with Crippen molar-refractivity contribution in [1.82, 2.24) is 24.2 Å². The second-order valence-corrected chi connectivity index (χ2v) is 13.4. The van der Waals surface area contributed by atoms with E-state index in [0.717, 1.165) is 67.3 Å². The summed E-state index contributed by atoms with van der Waals surface area (Å²) in [5.74, 6) is -0.359. The lowest BCUT2D eigenvalue weighted by Crippen LogP contribution is -2.47. The van der Waals surface area contributed by atoms with Gasteiger partial charge in [-0.1, -0.05) is 36.2 Å². The molecule has 250 valence electrons. The van der Waals surface area contributed by atoms with Crippen LogP contribution in [0.2, 0.25) is 10.0 Å². The zero-order valence-corrected chi connectivity index (χ0v) is 29.5. The molecule has 5 aromatic rings. The number of benzene rings is 2. The number of aromatic nitrogens is 4. The Morgan fingerprint density at radius 2 is 1.79 bits per heavy atom. The standard InChI is InChI=1S/C37H39Cl2N5O4/c1-7-26-19-44-34-29(12-13-30(38)32(34)31-22(4)41-42(6)23(31)5)28(9-8-14-48-27-15-20(2)33(39)21(3)16-27)35(44)36(45)43(26)18-25-11-10-24(17-40-25)37(46)47/h10-13,15-17,26H,7-9,14,18-19H2,1-6H3,(H,46,47). The minimum absolute atomic E-state index is 0.0880. The van der Waals surface area contributed by atoms with Gasteiger partial charge >= 0.3 is 5.97 Å². The summed E-state index contributed by atoms with van der Waals surface area (Å²) in [6.07, 6.45) is 3.35. The van der Waals surface area contributed by atoms with E-state index in [2.05, 4.69) is 21.6 Å². The Labute approximate surface area is 290 Å². The lowest BCUT2D eigenvalue weighted by Gasteiger charge is -2.37. The molecule has 1 aliphatic rings. The van der Waals surface area contributed by atoms with Crippen LogP contribution in [0.1, 0.15) is 74.4 Å². The van der Waals surface area contributed by atoms with Crippen molar-refractivity contribution in [2.45, 2.75) is 73.0 Å². The molecule has 1 N–H and O–H groups in total. The number of carbonyl (C=O) groups excluding carboxylic acids is 1. The number of carboxylic acid groups (broad SMARTS) is 1. The average molecular weight is 689 g/mol. The number of halogens is 2. The van der Waals surface area contributed by atoms with Crippen LogP contribution in [0.3, 0.4) is 0 Å². The highest BCUT2D eigenvalue weighted by molar-refractivity contribution is 6.35. The van der Waals surface area contributed by atoms with Crippen molar-refractivity contribution < 1.29 is 19.4 Å². The maximum atomic E-state index is 14.7. The molecule has 0 aliphatic carbocycles. The molecule has 0 bridgehead atoms. The monoisotopic (exact) mass is 687 g/mol. The lowest BCUT2D eigenvalue weighted by atomic mass is 9.98. The first-order chi connectivity index (χ1) is 22.9. The van der Waals surface area contributed by atoms with Crippen LogP contribution in [-0.2, 0) is 26.6 Å². The van der Waals surface area contributed by atoms with Gasteiger partial charge in [-0.05, 0) is 94.0 Å². The van der Waals surface area contributed by atoms with E-state index in [1.54, 1.807) is 6.07 Å². The fraction of sp³-hybridized carbons (Fsp3) is 0.351. The minimum atomic E-state index is -1.04. The van der Waals surface area contributed by atoms with Gasteiger partial charge < -0.3 is 19.3 Å². The maximum Gasteiger partial charge on any atom is 0.337 e. The van der Waals surface area contributed by atoms with Gasteiger partial charge in [0, 0.05) is 47.0 Å². The van der Waals surface area contributed by atoms with E-state index in [1.165, 1.54) is 12.3 Å². The van der Waals surface area contributed by atoms with Crippen LogP contribution >= 0.6 is 23.2 Å². The zero-order chi connectivity index (χ0) is 34.4. The molecule has 0 saturated carbocycles. The predicted molar refractivity (Wildman–Crippen MR) is 189 cm³/mol. The first-order valence-electron chi connectivity index (χ1n) is 16.1. The molecule has 0 saturated heterocycles. The molecule has 2 aromatic carbocycles. The van der Waals surface area contributed by atoms with Gasteiger partial charge in [-0.3, -0.25) is 14.5 Å². The molecular weight excluding hydrogens is 649 g/mol. The van der Waals surface area contributed by atoms with Crippen LogP contribution in [0, 0.1) is 27.7 Å². The summed E-state index contributed by atoms with van der Waals surface area (Å²) in [5, 5.41) is 16.4. The fourth-order valence-corrected chi connectivity index (χ4v) is 7.31. The van der Waals surface area contributed by atoms with Crippen molar-refractivity contribution in [3.05, 3.63) is 97.7 Å². The number of hydrogen-bond acceptors (Lipinski definition) is 5. The molecule has 0 fully saturated rings. The molecule has 1 amide bonds. The van der Waals surface area contributed by atoms with Crippen molar-refractivity contribution in [1.29, 1.82) is 0 Å². The first kappa shape index (κ1) is 33.6. The van der Waals surface area contributed by atoms with Crippen molar-refractivity contribution in [2.75, 3.05) is 6.61 Å². The Hall–Kier alpha value is -4.34. The number of amides is 1. The van der Waals surface area contributed by atoms with Crippen LogP contribution in [0.25, 0.3) is 22.0 Å². The van der Waals surface area contributed by atoms with Crippen LogP contribution in [0.15, 0.2) is 42.6 Å². The summed E-state index contributed by atoms with van der Waals surface area (Å²) in [7, 11) is 1.92. The number of pyridine rings is 1. The van der Waals surface area contributed by atoms with Gasteiger partial charge in [-0.15, -0.1) is 0 Å². The second kappa shape index (κ2) is 13.3. The van der Waals surface area contributed by atoms with Gasteiger partial charge in [0.1, 0.15) is 11.4 Å². The topological polar surface area (TPSA) is 102 Å². The average Bonchev–Trinajstić information content (AvgIpc) is 3.50. The number of aryl methyl sites for hydroxylation is 5. The SMILES string of the molecule is CCC1Cn2c(c(CCCOc3cc(C)c(Cl)c(C)c3)c3ccc(Cl)c(-c4c(C)nn(C)c4C)c32)C(=O)N1Cc1ccc(C(=O)O)cn1. The number of carboxylic acids is 1. The minimum Gasteiger partial charge on any atom is -0.494 e. The van der Waals surface area contributed by atoms with Crippen molar-refractivity contribution in [2.24, 2.45) is 7.05 Å². The first-order valence-corrected chi connectivity index (χ1v) is 16.9. The van der Waals surface area contributed by atoms with E-state index in [1.807, 2.05) is 68.6 Å². The van der Waals surface area contributed by atoms with Crippen LogP contribution in [0.4, 0.5) is 0 Å². The van der Waals surface area contributed by atoms with Crippen LogP contribution in [-0.4, -0.2) is 53.9 Å². The highest BCUT2D eigenvalue weighted by Crippen LogP contribution is 2.43. The van der Waals surface area contributed by atoms with E-state index in [0.29, 0.717) is 42.4 Å². The van der Waals surface area contributed by atoms with Gasteiger partial charge in [0.15, 0.2) is 0 Å². The number of ether oxygens (including phenoxy) is 1. The third-order valence-electron chi connectivity index (χ3n) is 9.46. The van der Waals surface area contributed by atoms with Gasteiger partial charge in [0.25, 0.3) is 5.91 Å². The Morgan fingerprint density at radius 3 is 2.40 bits per heavy atom. The summed E-state index contributed by atoms with van der Waals surface area (Å²) in [4.78, 5) is 32.3. The third-order valence-corrected chi connectivity index (χ3v) is 10.4. The molecular formula is C37H39Cl2N5O4. The van der Waals surface area contributed by atoms with E-state index in [-0.39, 0.29) is 24.1 Å². The third kappa shape index (κ3) is 5.94. The summed E-state index contributed by atoms with van der Waals surface area (Å²) >= 11 is 13.4. The van der Waals surface area contributed by atoms with E-state index in [4.69, 9.17) is 27.9 Å². The largest absolute Gasteiger partial charge is 0.494 e. The summed E-state index contributed by atoms with van der Waals surface area (Å²) in [6.45, 7) is 11.3. The van der Waals surface area contributed by atoms with Gasteiger partial charge in [0.05, 0.1) is 46.7 Å². The molecule has 0 radical (unpaired) electrons. The van der Waals surface area contributed by atoms with E-state index >= 15 is 0 Å². The fourth-order valence-electron chi connectivity index (χ4n) is 6.96. The molecule has 0 spiro atoms. The molecule has 6 rings (SSSR count). The molecule has 1 atom stereocenters. The lowest BCUT2D eigenvalue weighted by molar-refractivity contribution is 0.0564. The number of nitrogens with zero attached hydrogens (tertiary/aromatic N) is 5. The smallest absolute Gasteiger partial charge is 0.337 e. The Bertz CT molecular complexity index is 2040. The predicted octanol–water partition coefficient (Wildman–Crippen LogP) is 8.12. The molecule has 3 aromatic heterocycles. The highest BCUT2D eigenvalue weighted by Gasteiger charge is 2.37.